The van der Waals surface area contributed by atoms with Crippen molar-refractivity contribution in [3.05, 3.63) is 0 Å². The molecule has 1 aliphatic carbocycles. The third kappa shape index (κ3) is 2.08. The van der Waals surface area contributed by atoms with Crippen LogP contribution in [-0.2, 0) is 18.6 Å². The molecule has 1 aliphatic heterocycles. The summed E-state index contributed by atoms with van der Waals surface area (Å²) < 4.78 is 28.8. The normalized spacial score (nSPS) is 42.9. The first-order valence-electron chi connectivity index (χ1n) is 5.78. The first-order valence-corrected chi connectivity index (χ1v) is 8.30. The van der Waals surface area contributed by atoms with E-state index in [0.717, 1.165) is 12.8 Å². The monoisotopic (exact) mass is 248 g/mol. The Morgan fingerprint density at radius 1 is 1.50 bits per heavy atom. The molecule has 0 radical (unpaired) electrons. The van der Waals surface area contributed by atoms with Crippen LogP contribution in [0.15, 0.2) is 0 Å². The highest BCUT2D eigenvalue weighted by molar-refractivity contribution is 7.57. The number of rotatable bonds is 4. The lowest BCUT2D eigenvalue weighted by Crippen LogP contribution is -2.42. The van der Waals surface area contributed by atoms with E-state index in [1.165, 1.54) is 0 Å². The number of hydrogen-bond donors (Lipinski definition) is 0. The summed E-state index contributed by atoms with van der Waals surface area (Å²) in [5.74, 6) is 0.364. The SMILES string of the molecule is COC[C@]12CC[C@@H](C1OP(C)(C)=O)[C@H](C)O2. The van der Waals surface area contributed by atoms with Gasteiger partial charge in [0.2, 0.25) is 0 Å². The maximum atomic E-state index is 11.8. The number of methoxy groups -OCH3 is 1. The number of hydrogen-bond acceptors (Lipinski definition) is 4. The zero-order chi connectivity index (χ0) is 12.0. The molecule has 2 bridgehead atoms. The summed E-state index contributed by atoms with van der Waals surface area (Å²) in [5.41, 5.74) is -0.361. The van der Waals surface area contributed by atoms with Gasteiger partial charge >= 0.3 is 0 Å². The molecule has 1 heterocycles. The molecule has 0 aromatic rings. The Bertz CT molecular complexity index is 313. The average Bonchev–Trinajstić information content (AvgIpc) is 2.54. The molecule has 16 heavy (non-hydrogen) atoms. The van der Waals surface area contributed by atoms with Crippen LogP contribution < -0.4 is 0 Å². The van der Waals surface area contributed by atoms with Gasteiger partial charge in [-0.2, -0.15) is 0 Å². The lowest BCUT2D eigenvalue weighted by molar-refractivity contribution is -0.116. The van der Waals surface area contributed by atoms with Gasteiger partial charge in [-0.15, -0.1) is 0 Å². The van der Waals surface area contributed by atoms with Crippen LogP contribution in [0.3, 0.4) is 0 Å². The molecule has 1 unspecified atom stereocenters. The molecule has 94 valence electrons. The largest absolute Gasteiger partial charge is 0.382 e. The van der Waals surface area contributed by atoms with Gasteiger partial charge in [0.1, 0.15) is 11.7 Å². The molecule has 0 N–H and O–H groups in total. The minimum Gasteiger partial charge on any atom is -0.382 e. The maximum absolute atomic E-state index is 11.8. The number of fused-ring (bicyclic) bond motifs is 2. The van der Waals surface area contributed by atoms with E-state index in [9.17, 15) is 4.57 Å². The minimum absolute atomic E-state index is 0.0664. The summed E-state index contributed by atoms with van der Waals surface area (Å²) in [7, 11) is -0.808. The highest BCUT2D eigenvalue weighted by Gasteiger charge is 2.60. The quantitative estimate of drug-likeness (QED) is 0.715. The van der Waals surface area contributed by atoms with Crippen molar-refractivity contribution in [3.8, 4) is 0 Å². The Kier molecular flexibility index (Phi) is 3.21. The lowest BCUT2D eigenvalue weighted by Gasteiger charge is -2.31. The first kappa shape index (κ1) is 12.6. The van der Waals surface area contributed by atoms with Crippen molar-refractivity contribution in [1.82, 2.24) is 0 Å². The van der Waals surface area contributed by atoms with Crippen molar-refractivity contribution in [2.75, 3.05) is 27.0 Å². The second-order valence-corrected chi connectivity index (χ2v) is 8.02. The molecule has 5 heteroatoms. The molecule has 2 fully saturated rings. The topological polar surface area (TPSA) is 44.8 Å². The van der Waals surface area contributed by atoms with Crippen LogP contribution in [0.25, 0.3) is 0 Å². The summed E-state index contributed by atoms with van der Waals surface area (Å²) in [5, 5.41) is 0. The predicted octanol–water partition coefficient (Wildman–Crippen LogP) is 2.12. The molecule has 1 saturated heterocycles. The lowest BCUT2D eigenvalue weighted by atomic mass is 9.99. The van der Waals surface area contributed by atoms with Crippen molar-refractivity contribution >= 4 is 7.37 Å². The van der Waals surface area contributed by atoms with Gasteiger partial charge in [0.15, 0.2) is 7.37 Å². The van der Waals surface area contributed by atoms with Gasteiger partial charge in [-0.05, 0) is 19.8 Å². The predicted molar refractivity (Wildman–Crippen MR) is 62.2 cm³/mol. The van der Waals surface area contributed by atoms with E-state index in [1.54, 1.807) is 20.4 Å². The standard InChI is InChI=1S/C11H21O4P/c1-8-9-5-6-11(14-8,7-13-2)10(9)15-16(3,4)12/h8-10H,5-7H2,1-4H3/t8-,9+,10?,11+/m0/s1. The fourth-order valence-corrected chi connectivity index (χ4v) is 3.93. The molecular weight excluding hydrogens is 227 g/mol. The molecule has 0 aromatic heterocycles. The van der Waals surface area contributed by atoms with E-state index >= 15 is 0 Å². The molecule has 4 atom stereocenters. The van der Waals surface area contributed by atoms with Crippen molar-refractivity contribution in [1.29, 1.82) is 0 Å². The second-order valence-electron chi connectivity index (χ2n) is 5.30. The second kappa shape index (κ2) is 4.09. The van der Waals surface area contributed by atoms with Gasteiger partial charge < -0.3 is 14.0 Å². The molecule has 2 rings (SSSR count). The average molecular weight is 248 g/mol. The van der Waals surface area contributed by atoms with Gasteiger partial charge in [-0.1, -0.05) is 0 Å². The minimum atomic E-state index is -2.48. The van der Waals surface area contributed by atoms with Crippen LogP contribution >= 0.6 is 7.37 Å². The third-order valence-corrected chi connectivity index (χ3v) is 4.32. The van der Waals surface area contributed by atoms with Gasteiger partial charge in [0.05, 0.1) is 12.7 Å². The highest BCUT2D eigenvalue weighted by Crippen LogP contribution is 2.55. The molecule has 2 aliphatic rings. The van der Waals surface area contributed by atoms with Gasteiger partial charge in [0, 0.05) is 26.4 Å². The fourth-order valence-electron chi connectivity index (χ4n) is 3.04. The Labute approximate surface area is 97.1 Å². The summed E-state index contributed by atoms with van der Waals surface area (Å²) in [4.78, 5) is 0. The van der Waals surface area contributed by atoms with Gasteiger partial charge in [0.25, 0.3) is 0 Å². The third-order valence-electron chi connectivity index (χ3n) is 3.59. The van der Waals surface area contributed by atoms with E-state index in [1.807, 2.05) is 0 Å². The maximum Gasteiger partial charge on any atom is 0.197 e. The van der Waals surface area contributed by atoms with Gasteiger partial charge in [-0.25, -0.2) is 0 Å². The summed E-state index contributed by atoms with van der Waals surface area (Å²) in [6.45, 7) is 5.91. The number of ether oxygens (including phenoxy) is 2. The Morgan fingerprint density at radius 3 is 2.69 bits per heavy atom. The molecule has 1 saturated carbocycles. The smallest absolute Gasteiger partial charge is 0.197 e. The van der Waals surface area contributed by atoms with Gasteiger partial charge in [-0.3, -0.25) is 4.57 Å². The van der Waals surface area contributed by atoms with Crippen LogP contribution in [-0.4, -0.2) is 44.9 Å². The summed E-state index contributed by atoms with van der Waals surface area (Å²) >= 11 is 0. The molecular formula is C11H21O4P. The van der Waals surface area contributed by atoms with E-state index in [0.29, 0.717) is 12.5 Å². The fraction of sp³-hybridized carbons (Fsp3) is 1.00. The zero-order valence-corrected chi connectivity index (χ0v) is 11.3. The summed E-state index contributed by atoms with van der Waals surface area (Å²) in [6.07, 6.45) is 2.14. The van der Waals surface area contributed by atoms with Crippen molar-refractivity contribution in [2.45, 2.75) is 37.6 Å². The van der Waals surface area contributed by atoms with E-state index in [-0.39, 0.29) is 17.8 Å². The van der Waals surface area contributed by atoms with Crippen LogP contribution in [0.4, 0.5) is 0 Å². The highest BCUT2D eigenvalue weighted by atomic mass is 31.2. The molecule has 0 amide bonds. The van der Waals surface area contributed by atoms with E-state index in [2.05, 4.69) is 6.92 Å². The Balaban J connectivity index is 2.19. The Morgan fingerprint density at radius 2 is 2.19 bits per heavy atom. The van der Waals surface area contributed by atoms with Crippen molar-refractivity contribution in [3.63, 3.8) is 0 Å². The van der Waals surface area contributed by atoms with E-state index < -0.39 is 7.37 Å². The summed E-state index contributed by atoms with van der Waals surface area (Å²) in [6, 6.07) is 0. The van der Waals surface area contributed by atoms with Crippen molar-refractivity contribution in [2.24, 2.45) is 5.92 Å². The van der Waals surface area contributed by atoms with Crippen LogP contribution in [0.2, 0.25) is 0 Å². The Hall–Kier alpha value is 0.110. The van der Waals surface area contributed by atoms with E-state index in [4.69, 9.17) is 14.0 Å². The molecule has 0 aromatic carbocycles. The van der Waals surface area contributed by atoms with Crippen molar-refractivity contribution < 1.29 is 18.6 Å². The molecule has 4 nitrogen and oxygen atoms in total. The van der Waals surface area contributed by atoms with Crippen LogP contribution in [0.1, 0.15) is 19.8 Å². The first-order chi connectivity index (χ1) is 7.38. The van der Waals surface area contributed by atoms with Crippen LogP contribution in [0, 0.1) is 5.92 Å². The zero-order valence-electron chi connectivity index (χ0n) is 10.4. The molecule has 0 spiro atoms. The van der Waals surface area contributed by atoms with Crippen LogP contribution in [0.5, 0.6) is 0 Å².